The van der Waals surface area contributed by atoms with Gasteiger partial charge in [0.2, 0.25) is 17.7 Å². The first-order valence-corrected chi connectivity index (χ1v) is 8.45. The Kier molecular flexibility index (Phi) is 12.3. The molecular weight excluding hydrogens is 364 g/mol. The summed E-state index contributed by atoms with van der Waals surface area (Å²) in [5, 5.41) is 8.73. The zero-order chi connectivity index (χ0) is 21.5. The molecular formula is C18H28N6O4. The van der Waals surface area contributed by atoms with Crippen molar-refractivity contribution in [1.82, 2.24) is 15.8 Å². The number of aromatic nitrogens is 1. The van der Waals surface area contributed by atoms with Crippen LogP contribution in [0.1, 0.15) is 12.2 Å². The number of hydrogen-bond donors (Lipinski definition) is 5. The van der Waals surface area contributed by atoms with Gasteiger partial charge in [-0.15, -0.1) is 0 Å². The molecule has 1 aromatic carbocycles. The van der Waals surface area contributed by atoms with Crippen LogP contribution in [0.25, 0.3) is 11.3 Å². The molecule has 0 aliphatic heterocycles. The van der Waals surface area contributed by atoms with Gasteiger partial charge in [-0.2, -0.15) is 0 Å². The van der Waals surface area contributed by atoms with Gasteiger partial charge >= 0.3 is 0 Å². The van der Waals surface area contributed by atoms with Crippen molar-refractivity contribution in [2.45, 2.75) is 18.9 Å². The van der Waals surface area contributed by atoms with Crippen LogP contribution >= 0.6 is 0 Å². The van der Waals surface area contributed by atoms with E-state index >= 15 is 0 Å². The SMILES string of the molecule is CN.CN.CNC(=O)[C@H](CC(N)=O)NC(=O)Cc1cc(-c2ccccc2)no1. The van der Waals surface area contributed by atoms with E-state index in [-0.39, 0.29) is 12.8 Å². The third-order valence-electron chi connectivity index (χ3n) is 3.27. The van der Waals surface area contributed by atoms with E-state index in [1.165, 1.54) is 21.1 Å². The number of nitrogens with two attached hydrogens (primary N) is 3. The quantitative estimate of drug-likeness (QED) is 0.406. The molecule has 0 aliphatic carbocycles. The second-order valence-corrected chi connectivity index (χ2v) is 5.13. The van der Waals surface area contributed by atoms with Gasteiger partial charge in [0, 0.05) is 18.7 Å². The highest BCUT2D eigenvalue weighted by Gasteiger charge is 2.22. The highest BCUT2D eigenvalue weighted by Crippen LogP contribution is 2.18. The van der Waals surface area contributed by atoms with Crippen molar-refractivity contribution in [1.29, 1.82) is 0 Å². The van der Waals surface area contributed by atoms with Crippen molar-refractivity contribution in [2.24, 2.45) is 17.2 Å². The van der Waals surface area contributed by atoms with Gasteiger partial charge in [0.05, 0.1) is 12.8 Å². The lowest BCUT2D eigenvalue weighted by Gasteiger charge is -2.15. The summed E-state index contributed by atoms with van der Waals surface area (Å²) in [6.07, 6.45) is -0.386. The van der Waals surface area contributed by atoms with E-state index in [0.29, 0.717) is 11.5 Å². The van der Waals surface area contributed by atoms with Gasteiger partial charge in [-0.3, -0.25) is 14.4 Å². The number of hydrogen-bond acceptors (Lipinski definition) is 7. The summed E-state index contributed by atoms with van der Waals surface area (Å²) in [7, 11) is 4.41. The Morgan fingerprint density at radius 2 is 1.71 bits per heavy atom. The summed E-state index contributed by atoms with van der Waals surface area (Å²) in [6, 6.07) is 10.00. The minimum Gasteiger partial charge on any atom is -0.370 e. The van der Waals surface area contributed by atoms with Crippen LogP contribution in [0.2, 0.25) is 0 Å². The minimum absolute atomic E-state index is 0.105. The summed E-state index contributed by atoms with van der Waals surface area (Å²) >= 11 is 0. The van der Waals surface area contributed by atoms with Crippen molar-refractivity contribution in [3.8, 4) is 11.3 Å². The molecule has 10 nitrogen and oxygen atoms in total. The number of likely N-dealkylation sites (N-methyl/N-ethyl adjacent to an activating group) is 1. The van der Waals surface area contributed by atoms with Crippen LogP contribution < -0.4 is 27.8 Å². The van der Waals surface area contributed by atoms with Gasteiger partial charge in [0.25, 0.3) is 0 Å². The minimum atomic E-state index is -1.02. The largest absolute Gasteiger partial charge is 0.370 e. The van der Waals surface area contributed by atoms with Crippen LogP contribution in [0.15, 0.2) is 40.9 Å². The molecule has 2 aromatic rings. The molecule has 1 atom stereocenters. The Labute approximate surface area is 163 Å². The molecule has 0 aliphatic rings. The number of primary amides is 1. The molecule has 0 spiro atoms. The lowest BCUT2D eigenvalue weighted by Crippen LogP contribution is -2.48. The van der Waals surface area contributed by atoms with E-state index in [2.05, 4.69) is 27.3 Å². The molecule has 2 rings (SSSR count). The van der Waals surface area contributed by atoms with Gasteiger partial charge in [-0.1, -0.05) is 35.5 Å². The normalized spacial score (nSPS) is 10.3. The summed E-state index contributed by atoms with van der Waals surface area (Å²) in [5.74, 6) is -1.30. The van der Waals surface area contributed by atoms with Crippen molar-refractivity contribution < 1.29 is 18.9 Å². The van der Waals surface area contributed by atoms with Gasteiger partial charge in [0.15, 0.2) is 0 Å². The molecule has 1 heterocycles. The van der Waals surface area contributed by atoms with Crippen LogP contribution in [0.4, 0.5) is 0 Å². The molecule has 0 unspecified atom stereocenters. The Hall–Kier alpha value is -3.24. The third kappa shape index (κ3) is 8.43. The predicted molar refractivity (Wildman–Crippen MR) is 106 cm³/mol. The molecule has 0 saturated heterocycles. The molecule has 0 saturated carbocycles. The number of nitrogens with one attached hydrogen (secondary N) is 2. The predicted octanol–water partition coefficient (Wildman–Crippen LogP) is -0.860. The monoisotopic (exact) mass is 392 g/mol. The average molecular weight is 392 g/mol. The van der Waals surface area contributed by atoms with E-state index in [1.54, 1.807) is 6.07 Å². The molecule has 3 amide bonds. The van der Waals surface area contributed by atoms with Crippen molar-refractivity contribution in [2.75, 3.05) is 21.1 Å². The summed E-state index contributed by atoms with van der Waals surface area (Å²) in [5.41, 5.74) is 15.6. The third-order valence-corrected chi connectivity index (χ3v) is 3.27. The van der Waals surface area contributed by atoms with E-state index in [0.717, 1.165) is 5.56 Å². The fourth-order valence-electron chi connectivity index (χ4n) is 2.13. The lowest BCUT2D eigenvalue weighted by molar-refractivity contribution is -0.130. The highest BCUT2D eigenvalue weighted by molar-refractivity contribution is 5.91. The molecule has 10 heteroatoms. The first-order valence-electron chi connectivity index (χ1n) is 8.45. The molecule has 0 radical (unpaired) electrons. The molecule has 1 aromatic heterocycles. The number of nitrogens with zero attached hydrogens (tertiary/aromatic N) is 1. The van der Waals surface area contributed by atoms with Crippen molar-refractivity contribution in [3.05, 3.63) is 42.2 Å². The number of benzene rings is 1. The topological polar surface area (TPSA) is 179 Å². The van der Waals surface area contributed by atoms with Crippen LogP contribution in [-0.2, 0) is 20.8 Å². The first kappa shape index (κ1) is 24.8. The first-order chi connectivity index (χ1) is 13.5. The molecule has 8 N–H and O–H groups in total. The maximum Gasteiger partial charge on any atom is 0.242 e. The fraction of sp³-hybridized carbons (Fsp3) is 0.333. The van der Waals surface area contributed by atoms with Crippen LogP contribution in [0.5, 0.6) is 0 Å². The average Bonchev–Trinajstić information content (AvgIpc) is 3.18. The summed E-state index contributed by atoms with van der Waals surface area (Å²) in [6.45, 7) is 0. The van der Waals surface area contributed by atoms with E-state index in [1.807, 2.05) is 30.3 Å². The summed E-state index contributed by atoms with van der Waals surface area (Å²) in [4.78, 5) is 34.7. The van der Waals surface area contributed by atoms with Crippen molar-refractivity contribution >= 4 is 17.7 Å². The fourth-order valence-corrected chi connectivity index (χ4v) is 2.13. The van der Waals surface area contributed by atoms with Crippen LogP contribution in [-0.4, -0.2) is 50.1 Å². The van der Waals surface area contributed by atoms with Crippen LogP contribution in [0.3, 0.4) is 0 Å². The maximum absolute atomic E-state index is 12.0. The maximum atomic E-state index is 12.0. The number of amides is 3. The Morgan fingerprint density at radius 1 is 1.11 bits per heavy atom. The number of rotatable bonds is 7. The Balaban J connectivity index is 0.00000171. The standard InChI is InChI=1S/C16H18N4O4.2CH5N/c1-18-16(23)13(9-14(17)21)19-15(22)8-11-7-12(20-24-11)10-5-3-2-4-6-10;2*1-2/h2-7,13H,8-9H2,1H3,(H2,17,21)(H,18,23)(H,19,22);2*2H2,1H3/t13-;;/m0../s1. The molecule has 0 fully saturated rings. The Morgan fingerprint density at radius 3 is 2.25 bits per heavy atom. The number of carbonyl (C=O) groups is 3. The van der Waals surface area contributed by atoms with Gasteiger partial charge < -0.3 is 32.4 Å². The van der Waals surface area contributed by atoms with Gasteiger partial charge in [0.1, 0.15) is 17.5 Å². The van der Waals surface area contributed by atoms with E-state index in [4.69, 9.17) is 10.3 Å². The van der Waals surface area contributed by atoms with E-state index in [9.17, 15) is 14.4 Å². The zero-order valence-electron chi connectivity index (χ0n) is 16.3. The molecule has 28 heavy (non-hydrogen) atoms. The smallest absolute Gasteiger partial charge is 0.242 e. The second kappa shape index (κ2) is 13.9. The molecule has 154 valence electrons. The zero-order valence-corrected chi connectivity index (χ0v) is 16.3. The lowest BCUT2D eigenvalue weighted by atomic mass is 10.1. The van der Waals surface area contributed by atoms with Gasteiger partial charge in [-0.05, 0) is 14.1 Å². The highest BCUT2D eigenvalue weighted by atomic mass is 16.5. The summed E-state index contributed by atoms with van der Waals surface area (Å²) < 4.78 is 5.14. The second-order valence-electron chi connectivity index (χ2n) is 5.13. The van der Waals surface area contributed by atoms with Crippen LogP contribution in [0, 0.1) is 0 Å². The number of carbonyl (C=O) groups excluding carboxylic acids is 3. The molecule has 0 bridgehead atoms. The van der Waals surface area contributed by atoms with Gasteiger partial charge in [-0.25, -0.2) is 0 Å². The van der Waals surface area contributed by atoms with E-state index < -0.39 is 23.8 Å². The Bertz CT molecular complexity index is 733. The van der Waals surface area contributed by atoms with Crippen molar-refractivity contribution in [3.63, 3.8) is 0 Å².